The molecule has 26 heavy (non-hydrogen) atoms. The van der Waals surface area contributed by atoms with Crippen molar-refractivity contribution < 1.29 is 14.3 Å². The molecule has 1 saturated carbocycles. The zero-order valence-corrected chi connectivity index (χ0v) is 15.6. The summed E-state index contributed by atoms with van der Waals surface area (Å²) in [5, 5.41) is 5.86. The minimum atomic E-state index is -0.581. The molecule has 0 spiro atoms. The van der Waals surface area contributed by atoms with Crippen molar-refractivity contribution in [3.05, 3.63) is 33.7 Å². The number of aromatic amines is 1. The maximum absolute atomic E-state index is 12.3. The Morgan fingerprint density at radius 3 is 2.58 bits per heavy atom. The molecule has 7 nitrogen and oxygen atoms in total. The van der Waals surface area contributed by atoms with E-state index in [1.165, 1.54) is 0 Å². The molecule has 2 amide bonds. The predicted octanol–water partition coefficient (Wildman–Crippen LogP) is 1.96. The van der Waals surface area contributed by atoms with Crippen LogP contribution in [0.1, 0.15) is 57.6 Å². The number of hydrogen-bond acceptors (Lipinski definition) is 4. The molecule has 0 radical (unpaired) electrons. The van der Waals surface area contributed by atoms with Crippen LogP contribution in [0.4, 0.5) is 4.79 Å². The van der Waals surface area contributed by atoms with Crippen LogP contribution in [0.5, 0.6) is 0 Å². The Labute approximate surface area is 152 Å². The number of amides is 2. The summed E-state index contributed by atoms with van der Waals surface area (Å²) in [6.45, 7) is 5.51. The van der Waals surface area contributed by atoms with Crippen molar-refractivity contribution in [2.45, 2.75) is 70.1 Å². The number of carbonyl (C=O) groups is 2. The van der Waals surface area contributed by atoms with Crippen LogP contribution in [0.25, 0.3) is 0 Å². The Kier molecular flexibility index (Phi) is 4.82. The first-order chi connectivity index (χ1) is 12.2. The molecule has 1 heterocycles. The van der Waals surface area contributed by atoms with Crippen molar-refractivity contribution in [2.24, 2.45) is 5.92 Å². The van der Waals surface area contributed by atoms with E-state index in [-0.39, 0.29) is 17.5 Å². The van der Waals surface area contributed by atoms with E-state index in [2.05, 4.69) is 15.6 Å². The summed E-state index contributed by atoms with van der Waals surface area (Å²) in [7, 11) is 0. The van der Waals surface area contributed by atoms with Gasteiger partial charge in [-0.2, -0.15) is 0 Å². The molecule has 3 N–H and O–H groups in total. The van der Waals surface area contributed by atoms with Crippen LogP contribution < -0.4 is 16.2 Å². The molecule has 1 fully saturated rings. The number of carbonyl (C=O) groups excluding carboxylic acids is 2. The fraction of sp³-hybridized carbons (Fsp3) is 0.632. The van der Waals surface area contributed by atoms with Gasteiger partial charge >= 0.3 is 6.09 Å². The summed E-state index contributed by atoms with van der Waals surface area (Å²) < 4.78 is 5.31. The number of rotatable bonds is 4. The highest BCUT2D eigenvalue weighted by Gasteiger charge is 2.51. The lowest BCUT2D eigenvalue weighted by Crippen LogP contribution is -2.60. The SMILES string of the molecule is CC(C)(C)OC(=O)NC1CCC(C2(NC=O)Cc3cc[nH]c(=O)c32)CC1. The van der Waals surface area contributed by atoms with Crippen LogP contribution in [0, 0.1) is 5.92 Å². The molecule has 142 valence electrons. The van der Waals surface area contributed by atoms with E-state index in [1.807, 2.05) is 26.8 Å². The number of H-pyrrole nitrogens is 1. The second-order valence-electron chi connectivity index (χ2n) is 8.31. The van der Waals surface area contributed by atoms with Crippen molar-refractivity contribution in [3.63, 3.8) is 0 Å². The average molecular weight is 361 g/mol. The summed E-state index contributed by atoms with van der Waals surface area (Å²) in [5.74, 6) is 0.181. The average Bonchev–Trinajstić information content (AvgIpc) is 2.51. The van der Waals surface area contributed by atoms with E-state index in [0.29, 0.717) is 18.4 Å². The molecule has 3 rings (SSSR count). The minimum Gasteiger partial charge on any atom is -0.444 e. The fourth-order valence-electron chi connectivity index (χ4n) is 4.34. The van der Waals surface area contributed by atoms with Gasteiger partial charge in [0, 0.05) is 24.2 Å². The lowest BCUT2D eigenvalue weighted by molar-refractivity contribution is -0.112. The predicted molar refractivity (Wildman–Crippen MR) is 96.8 cm³/mol. The molecule has 0 bridgehead atoms. The molecular formula is C19H27N3O4. The van der Waals surface area contributed by atoms with Gasteiger partial charge in [0.1, 0.15) is 5.60 Å². The van der Waals surface area contributed by atoms with Crippen LogP contribution in [0.2, 0.25) is 0 Å². The van der Waals surface area contributed by atoms with E-state index in [9.17, 15) is 14.4 Å². The van der Waals surface area contributed by atoms with Gasteiger partial charge in [-0.05, 0) is 64.0 Å². The molecule has 2 aliphatic carbocycles. The molecule has 0 saturated heterocycles. The Balaban J connectivity index is 1.65. The van der Waals surface area contributed by atoms with Gasteiger partial charge in [-0.15, -0.1) is 0 Å². The number of fused-ring (bicyclic) bond motifs is 1. The normalized spacial score (nSPS) is 27.7. The Bertz CT molecular complexity index is 744. The van der Waals surface area contributed by atoms with Gasteiger partial charge in [0.05, 0.1) is 5.54 Å². The third-order valence-corrected chi connectivity index (χ3v) is 5.42. The fourth-order valence-corrected chi connectivity index (χ4v) is 4.34. The van der Waals surface area contributed by atoms with Gasteiger partial charge in [-0.25, -0.2) is 4.79 Å². The molecular weight excluding hydrogens is 334 g/mol. The summed E-state index contributed by atoms with van der Waals surface area (Å²) in [6.07, 6.45) is 5.88. The van der Waals surface area contributed by atoms with Crippen LogP contribution in [0.3, 0.4) is 0 Å². The summed E-state index contributed by atoms with van der Waals surface area (Å²) >= 11 is 0. The first-order valence-corrected chi connectivity index (χ1v) is 9.17. The Morgan fingerprint density at radius 2 is 2.00 bits per heavy atom. The topological polar surface area (TPSA) is 100 Å². The highest BCUT2D eigenvalue weighted by atomic mass is 16.6. The van der Waals surface area contributed by atoms with Gasteiger partial charge < -0.3 is 20.4 Å². The molecule has 1 aromatic rings. The lowest BCUT2D eigenvalue weighted by atomic mass is 9.60. The number of aromatic nitrogens is 1. The molecule has 0 aromatic carbocycles. The van der Waals surface area contributed by atoms with Gasteiger partial charge in [0.15, 0.2) is 0 Å². The number of pyridine rings is 1. The second kappa shape index (κ2) is 6.78. The van der Waals surface area contributed by atoms with Gasteiger partial charge in [0.25, 0.3) is 5.56 Å². The Morgan fingerprint density at radius 1 is 1.31 bits per heavy atom. The number of ether oxygens (including phenoxy) is 1. The van der Waals surface area contributed by atoms with Gasteiger partial charge in [-0.3, -0.25) is 9.59 Å². The first kappa shape index (κ1) is 18.5. The van der Waals surface area contributed by atoms with Crippen molar-refractivity contribution in [2.75, 3.05) is 0 Å². The van der Waals surface area contributed by atoms with E-state index < -0.39 is 17.2 Å². The smallest absolute Gasteiger partial charge is 0.407 e. The maximum atomic E-state index is 12.3. The highest BCUT2D eigenvalue weighted by molar-refractivity contribution is 5.68. The standard InChI is InChI=1S/C19H27N3O4/c1-18(2,3)26-17(25)22-14-6-4-13(5-7-14)19(21-11-23)10-12-8-9-20-16(24)15(12)19/h8-9,11,13-14H,4-7,10H2,1-3H3,(H,20,24)(H,21,23)(H,22,25). The molecule has 1 atom stereocenters. The quantitative estimate of drug-likeness (QED) is 0.714. The molecule has 2 aliphatic rings. The molecule has 0 aliphatic heterocycles. The molecule has 7 heteroatoms. The van der Waals surface area contributed by atoms with Gasteiger partial charge in [-0.1, -0.05) is 0 Å². The summed E-state index contributed by atoms with van der Waals surface area (Å²) in [5.41, 5.74) is 0.462. The van der Waals surface area contributed by atoms with Crippen molar-refractivity contribution in [3.8, 4) is 0 Å². The number of hydrogen-bond donors (Lipinski definition) is 3. The Hall–Kier alpha value is -2.31. The van der Waals surface area contributed by atoms with Crippen LogP contribution in [-0.4, -0.2) is 29.1 Å². The third-order valence-electron chi connectivity index (χ3n) is 5.42. The number of nitrogens with one attached hydrogen (secondary N) is 3. The third kappa shape index (κ3) is 3.48. The number of alkyl carbamates (subject to hydrolysis) is 1. The zero-order chi connectivity index (χ0) is 18.9. The van der Waals surface area contributed by atoms with E-state index >= 15 is 0 Å². The zero-order valence-electron chi connectivity index (χ0n) is 15.6. The maximum Gasteiger partial charge on any atom is 0.407 e. The van der Waals surface area contributed by atoms with E-state index in [0.717, 1.165) is 31.2 Å². The van der Waals surface area contributed by atoms with Crippen LogP contribution >= 0.6 is 0 Å². The monoisotopic (exact) mass is 361 g/mol. The molecule has 1 unspecified atom stereocenters. The first-order valence-electron chi connectivity index (χ1n) is 9.17. The second-order valence-corrected chi connectivity index (χ2v) is 8.31. The highest BCUT2D eigenvalue weighted by Crippen LogP contribution is 2.47. The van der Waals surface area contributed by atoms with Crippen LogP contribution in [0.15, 0.2) is 17.1 Å². The summed E-state index contributed by atoms with van der Waals surface area (Å²) in [4.78, 5) is 38.2. The van der Waals surface area contributed by atoms with E-state index in [1.54, 1.807) is 6.20 Å². The lowest BCUT2D eigenvalue weighted by Gasteiger charge is -2.50. The van der Waals surface area contributed by atoms with E-state index in [4.69, 9.17) is 4.74 Å². The van der Waals surface area contributed by atoms with Gasteiger partial charge in [0.2, 0.25) is 6.41 Å². The van der Waals surface area contributed by atoms with Crippen molar-refractivity contribution in [1.82, 2.24) is 15.6 Å². The molecule has 1 aromatic heterocycles. The largest absolute Gasteiger partial charge is 0.444 e. The van der Waals surface area contributed by atoms with Crippen molar-refractivity contribution >= 4 is 12.5 Å². The van der Waals surface area contributed by atoms with Crippen LogP contribution in [-0.2, 0) is 21.5 Å². The minimum absolute atomic E-state index is 0.0583. The van der Waals surface area contributed by atoms with Crippen molar-refractivity contribution in [1.29, 1.82) is 0 Å². The summed E-state index contributed by atoms with van der Waals surface area (Å²) in [6, 6.07) is 1.96.